The molecule has 118 valence electrons. The molecule has 7 heteroatoms. The summed E-state index contributed by atoms with van der Waals surface area (Å²) in [5, 5.41) is 2.58. The Morgan fingerprint density at radius 1 is 0.957 bits per heavy atom. The maximum atomic E-state index is 12.1. The van der Waals surface area contributed by atoms with Crippen molar-refractivity contribution in [3.05, 3.63) is 59.4 Å². The standard InChI is InChI=1S/C16H14N2O5/c1-22-15(20)10-7-11(16(21)23-2)9-12(8-10)18-14(19)13-5-3-4-6-17-13/h3-9H,1-2H3,(H,18,19). The van der Waals surface area contributed by atoms with Crippen LogP contribution in [0.4, 0.5) is 5.69 Å². The van der Waals surface area contributed by atoms with Gasteiger partial charge < -0.3 is 14.8 Å². The van der Waals surface area contributed by atoms with E-state index in [9.17, 15) is 14.4 Å². The fourth-order valence-corrected chi connectivity index (χ4v) is 1.86. The fourth-order valence-electron chi connectivity index (χ4n) is 1.86. The third-order valence-electron chi connectivity index (χ3n) is 2.93. The number of anilines is 1. The first-order chi connectivity index (χ1) is 11.0. The minimum Gasteiger partial charge on any atom is -0.465 e. The number of carbonyl (C=O) groups is 3. The summed E-state index contributed by atoms with van der Waals surface area (Å²) < 4.78 is 9.27. The number of esters is 2. The minimum absolute atomic E-state index is 0.117. The highest BCUT2D eigenvalue weighted by Crippen LogP contribution is 2.17. The molecule has 1 N–H and O–H groups in total. The molecule has 0 fully saturated rings. The number of nitrogens with one attached hydrogen (secondary N) is 1. The Morgan fingerprint density at radius 2 is 1.57 bits per heavy atom. The molecule has 2 aromatic rings. The second-order valence-electron chi connectivity index (χ2n) is 4.45. The second kappa shape index (κ2) is 7.17. The van der Waals surface area contributed by atoms with Crippen LogP contribution in [0.3, 0.4) is 0 Å². The lowest BCUT2D eigenvalue weighted by molar-refractivity contribution is 0.0599. The minimum atomic E-state index is -0.635. The van der Waals surface area contributed by atoms with E-state index in [0.29, 0.717) is 0 Å². The maximum Gasteiger partial charge on any atom is 0.337 e. The number of carbonyl (C=O) groups excluding carboxylic acids is 3. The third kappa shape index (κ3) is 3.91. The molecule has 0 saturated carbocycles. The van der Waals surface area contributed by atoms with Crippen molar-refractivity contribution in [1.29, 1.82) is 0 Å². The highest BCUT2D eigenvalue weighted by atomic mass is 16.5. The van der Waals surface area contributed by atoms with Gasteiger partial charge in [0.2, 0.25) is 0 Å². The molecule has 0 atom stereocenters. The zero-order chi connectivity index (χ0) is 16.8. The van der Waals surface area contributed by atoms with Gasteiger partial charge in [0.1, 0.15) is 5.69 Å². The number of amides is 1. The lowest BCUT2D eigenvalue weighted by atomic mass is 10.1. The summed E-state index contributed by atoms with van der Waals surface area (Å²) >= 11 is 0. The quantitative estimate of drug-likeness (QED) is 0.866. The van der Waals surface area contributed by atoms with Crippen LogP contribution in [-0.4, -0.2) is 37.0 Å². The van der Waals surface area contributed by atoms with Crippen LogP contribution in [0.15, 0.2) is 42.6 Å². The van der Waals surface area contributed by atoms with Gasteiger partial charge in [-0.05, 0) is 30.3 Å². The number of benzene rings is 1. The van der Waals surface area contributed by atoms with Crippen molar-refractivity contribution in [3.63, 3.8) is 0 Å². The van der Waals surface area contributed by atoms with E-state index in [1.807, 2.05) is 0 Å². The summed E-state index contributed by atoms with van der Waals surface area (Å²) in [6.45, 7) is 0. The van der Waals surface area contributed by atoms with E-state index >= 15 is 0 Å². The van der Waals surface area contributed by atoms with Gasteiger partial charge in [0.25, 0.3) is 5.91 Å². The molecule has 23 heavy (non-hydrogen) atoms. The maximum absolute atomic E-state index is 12.1. The van der Waals surface area contributed by atoms with Crippen molar-refractivity contribution < 1.29 is 23.9 Å². The molecular formula is C16H14N2O5. The number of rotatable bonds is 4. The van der Waals surface area contributed by atoms with E-state index < -0.39 is 17.8 Å². The number of nitrogens with zero attached hydrogens (tertiary/aromatic N) is 1. The van der Waals surface area contributed by atoms with Crippen LogP contribution in [0, 0.1) is 0 Å². The number of aromatic nitrogens is 1. The van der Waals surface area contributed by atoms with E-state index in [1.165, 1.54) is 38.6 Å². The van der Waals surface area contributed by atoms with Crippen LogP contribution in [0.25, 0.3) is 0 Å². The van der Waals surface area contributed by atoms with E-state index in [0.717, 1.165) is 0 Å². The summed E-state index contributed by atoms with van der Waals surface area (Å²) in [5.41, 5.74) is 0.693. The number of pyridine rings is 1. The van der Waals surface area contributed by atoms with Crippen LogP contribution in [0.2, 0.25) is 0 Å². The fraction of sp³-hybridized carbons (Fsp3) is 0.125. The Kier molecular flexibility index (Phi) is 5.03. The molecule has 0 aliphatic rings. The summed E-state index contributed by atoms with van der Waals surface area (Å²) in [6.07, 6.45) is 1.49. The lowest BCUT2D eigenvalue weighted by Gasteiger charge is -2.09. The van der Waals surface area contributed by atoms with Gasteiger partial charge in [-0.15, -0.1) is 0 Å². The van der Waals surface area contributed by atoms with E-state index in [2.05, 4.69) is 19.8 Å². The van der Waals surface area contributed by atoms with Crippen LogP contribution in [0.1, 0.15) is 31.2 Å². The molecule has 0 aliphatic carbocycles. The largest absolute Gasteiger partial charge is 0.465 e. The van der Waals surface area contributed by atoms with Crippen molar-refractivity contribution >= 4 is 23.5 Å². The van der Waals surface area contributed by atoms with Crippen LogP contribution in [-0.2, 0) is 9.47 Å². The van der Waals surface area contributed by atoms with Crippen LogP contribution in [0.5, 0.6) is 0 Å². The molecular weight excluding hydrogens is 300 g/mol. The molecule has 0 unspecified atom stereocenters. The predicted molar refractivity (Wildman–Crippen MR) is 81.3 cm³/mol. The van der Waals surface area contributed by atoms with Gasteiger partial charge in [-0.1, -0.05) is 6.07 Å². The SMILES string of the molecule is COC(=O)c1cc(NC(=O)c2ccccn2)cc(C(=O)OC)c1. The predicted octanol–water partition coefficient (Wildman–Crippen LogP) is 1.91. The second-order valence-corrected chi connectivity index (χ2v) is 4.45. The van der Waals surface area contributed by atoms with Gasteiger partial charge in [0.15, 0.2) is 0 Å². The summed E-state index contributed by atoms with van der Waals surface area (Å²) in [7, 11) is 2.44. The zero-order valence-electron chi connectivity index (χ0n) is 12.5. The number of hydrogen-bond acceptors (Lipinski definition) is 6. The van der Waals surface area contributed by atoms with Gasteiger partial charge in [-0.25, -0.2) is 9.59 Å². The van der Waals surface area contributed by atoms with E-state index in [4.69, 9.17) is 0 Å². The van der Waals surface area contributed by atoms with Crippen molar-refractivity contribution in [3.8, 4) is 0 Å². The molecule has 1 amide bonds. The normalized spacial score (nSPS) is 9.83. The Labute approximate surface area is 132 Å². The molecule has 1 aromatic heterocycles. The first kappa shape index (κ1) is 16.2. The Balaban J connectivity index is 2.35. The first-order valence-electron chi connectivity index (χ1n) is 6.59. The Bertz CT molecular complexity index is 709. The topological polar surface area (TPSA) is 94.6 Å². The van der Waals surface area contributed by atoms with Crippen molar-refractivity contribution in [2.24, 2.45) is 0 Å². The molecule has 0 aliphatic heterocycles. The highest BCUT2D eigenvalue weighted by Gasteiger charge is 2.15. The average Bonchev–Trinajstić information content (AvgIpc) is 2.60. The highest BCUT2D eigenvalue weighted by molar-refractivity contribution is 6.04. The molecule has 7 nitrogen and oxygen atoms in total. The van der Waals surface area contributed by atoms with Crippen molar-refractivity contribution in [2.75, 3.05) is 19.5 Å². The monoisotopic (exact) mass is 314 g/mol. The van der Waals surface area contributed by atoms with Crippen LogP contribution >= 0.6 is 0 Å². The van der Waals surface area contributed by atoms with Crippen molar-refractivity contribution in [2.45, 2.75) is 0 Å². The molecule has 0 saturated heterocycles. The Hall–Kier alpha value is -3.22. The van der Waals surface area contributed by atoms with E-state index in [1.54, 1.807) is 18.2 Å². The molecule has 1 aromatic carbocycles. The number of ether oxygens (including phenoxy) is 2. The number of hydrogen-bond donors (Lipinski definition) is 1. The molecule has 0 radical (unpaired) electrons. The van der Waals surface area contributed by atoms with Crippen LogP contribution < -0.4 is 5.32 Å². The summed E-state index contributed by atoms with van der Waals surface area (Å²) in [4.78, 5) is 39.4. The lowest BCUT2D eigenvalue weighted by Crippen LogP contribution is -2.15. The zero-order valence-corrected chi connectivity index (χ0v) is 12.5. The molecule has 1 heterocycles. The summed E-state index contributed by atoms with van der Waals surface area (Å²) in [5.74, 6) is -1.74. The van der Waals surface area contributed by atoms with Gasteiger partial charge in [-0.2, -0.15) is 0 Å². The molecule has 2 rings (SSSR count). The van der Waals surface area contributed by atoms with Gasteiger partial charge in [0, 0.05) is 11.9 Å². The third-order valence-corrected chi connectivity index (χ3v) is 2.93. The smallest absolute Gasteiger partial charge is 0.337 e. The first-order valence-corrected chi connectivity index (χ1v) is 6.59. The average molecular weight is 314 g/mol. The number of methoxy groups -OCH3 is 2. The molecule has 0 bridgehead atoms. The van der Waals surface area contributed by atoms with Gasteiger partial charge in [0.05, 0.1) is 25.3 Å². The van der Waals surface area contributed by atoms with Crippen molar-refractivity contribution in [1.82, 2.24) is 4.98 Å². The molecule has 0 spiro atoms. The summed E-state index contributed by atoms with van der Waals surface area (Å²) in [6, 6.07) is 9.03. The van der Waals surface area contributed by atoms with Gasteiger partial charge >= 0.3 is 11.9 Å². The van der Waals surface area contributed by atoms with Gasteiger partial charge in [-0.3, -0.25) is 9.78 Å². The van der Waals surface area contributed by atoms with E-state index in [-0.39, 0.29) is 22.5 Å². The Morgan fingerprint density at radius 3 is 2.04 bits per heavy atom.